The molecule has 2 aromatic carbocycles. The van der Waals surface area contributed by atoms with Crippen LogP contribution in [0.4, 0.5) is 11.6 Å². The molecule has 0 N–H and O–H groups in total. The zero-order chi connectivity index (χ0) is 20.9. The normalized spacial score (nSPS) is 13.8. The summed E-state index contributed by atoms with van der Waals surface area (Å²) in [5, 5.41) is 9.52. The van der Waals surface area contributed by atoms with Gasteiger partial charge in [-0.1, -0.05) is 30.3 Å². The van der Waals surface area contributed by atoms with Gasteiger partial charge in [-0.2, -0.15) is 10.2 Å². The molecule has 0 saturated carbocycles. The lowest BCUT2D eigenvalue weighted by Gasteiger charge is -2.36. The van der Waals surface area contributed by atoms with Crippen LogP contribution in [0.5, 0.6) is 11.5 Å². The fourth-order valence-electron chi connectivity index (χ4n) is 3.60. The van der Waals surface area contributed by atoms with Gasteiger partial charge in [0.15, 0.2) is 6.61 Å². The second kappa shape index (κ2) is 8.78. The van der Waals surface area contributed by atoms with Gasteiger partial charge in [0.2, 0.25) is 17.5 Å². The molecule has 0 atom stereocenters. The number of para-hydroxylation sites is 3. The molecule has 0 spiro atoms. The lowest BCUT2D eigenvalue weighted by atomic mass is 10.2. The van der Waals surface area contributed by atoms with Crippen molar-refractivity contribution < 1.29 is 13.9 Å². The topological polar surface area (TPSA) is 74.8 Å². The molecule has 3 aromatic rings. The molecule has 4 rings (SSSR count). The number of hydrogen-bond donors (Lipinski definition) is 0. The summed E-state index contributed by atoms with van der Waals surface area (Å²) in [5.74, 6) is 2.55. The molecule has 30 heavy (non-hydrogen) atoms. The Kier molecular flexibility index (Phi) is 5.75. The van der Waals surface area contributed by atoms with Gasteiger partial charge in [0.25, 0.3) is 0 Å². The second-order valence-electron chi connectivity index (χ2n) is 7.07. The molecular weight excluding hydrogens is 380 g/mol. The Hall–Kier alpha value is -3.66. The molecule has 1 aliphatic rings. The third-order valence-electron chi connectivity index (χ3n) is 5.20. The van der Waals surface area contributed by atoms with Crippen molar-refractivity contribution in [1.29, 1.82) is 5.26 Å². The maximum Gasteiger partial charge on any atom is 0.236 e. The molecule has 7 heteroatoms. The van der Waals surface area contributed by atoms with Crippen molar-refractivity contribution in [2.75, 3.05) is 43.1 Å². The number of aromatic nitrogens is 1. The van der Waals surface area contributed by atoms with Crippen LogP contribution in [0.2, 0.25) is 0 Å². The Labute approximate surface area is 176 Å². The number of nitrogens with zero attached hydrogens (tertiary/aromatic N) is 4. The molecule has 1 aliphatic heterocycles. The molecule has 2 heterocycles. The van der Waals surface area contributed by atoms with Crippen molar-refractivity contribution in [3.8, 4) is 17.6 Å². The van der Waals surface area contributed by atoms with E-state index in [1.54, 1.807) is 7.11 Å². The first kappa shape index (κ1) is 19.6. The van der Waals surface area contributed by atoms with Crippen LogP contribution in [0, 0.1) is 18.3 Å². The minimum Gasteiger partial charge on any atom is -0.495 e. The fourth-order valence-corrected chi connectivity index (χ4v) is 3.60. The summed E-state index contributed by atoms with van der Waals surface area (Å²) in [7, 11) is 1.68. The zero-order valence-corrected chi connectivity index (χ0v) is 17.2. The van der Waals surface area contributed by atoms with Crippen LogP contribution in [0.25, 0.3) is 0 Å². The van der Waals surface area contributed by atoms with Crippen LogP contribution in [-0.4, -0.2) is 38.3 Å². The van der Waals surface area contributed by atoms with Crippen molar-refractivity contribution in [3.63, 3.8) is 0 Å². The van der Waals surface area contributed by atoms with Gasteiger partial charge < -0.3 is 23.7 Å². The molecule has 1 saturated heterocycles. The average molecular weight is 404 g/mol. The minimum atomic E-state index is 0.181. The zero-order valence-electron chi connectivity index (χ0n) is 17.2. The van der Waals surface area contributed by atoms with Gasteiger partial charge in [-0.3, -0.25) is 0 Å². The molecule has 1 fully saturated rings. The first-order chi connectivity index (χ1) is 14.7. The van der Waals surface area contributed by atoms with E-state index in [2.05, 4.69) is 26.9 Å². The van der Waals surface area contributed by atoms with Gasteiger partial charge in [0.1, 0.15) is 17.6 Å². The Morgan fingerprint density at radius 3 is 2.37 bits per heavy atom. The predicted octanol–water partition coefficient (Wildman–Crippen LogP) is 3.77. The predicted molar refractivity (Wildman–Crippen MR) is 114 cm³/mol. The third kappa shape index (κ3) is 4.03. The van der Waals surface area contributed by atoms with Crippen LogP contribution in [0.15, 0.2) is 52.9 Å². The quantitative estimate of drug-likeness (QED) is 0.619. The number of methoxy groups -OCH3 is 1. The Bertz CT molecular complexity index is 1050. The molecule has 0 bridgehead atoms. The largest absolute Gasteiger partial charge is 0.495 e. The van der Waals surface area contributed by atoms with Crippen molar-refractivity contribution in [2.45, 2.75) is 13.5 Å². The smallest absolute Gasteiger partial charge is 0.236 e. The summed E-state index contributed by atoms with van der Waals surface area (Å²) in [6, 6.07) is 17.9. The van der Waals surface area contributed by atoms with Crippen molar-refractivity contribution in [3.05, 3.63) is 65.7 Å². The SMILES string of the molecule is COc1ccccc1N1CCN(c2oc(COc3ccccc3C)nc2C#N)CC1. The molecule has 7 nitrogen and oxygen atoms in total. The van der Waals surface area contributed by atoms with Gasteiger partial charge in [-0.25, -0.2) is 0 Å². The number of ether oxygens (including phenoxy) is 2. The van der Waals surface area contributed by atoms with E-state index in [4.69, 9.17) is 13.9 Å². The Morgan fingerprint density at radius 1 is 1.00 bits per heavy atom. The number of hydrogen-bond acceptors (Lipinski definition) is 7. The fraction of sp³-hybridized carbons (Fsp3) is 0.304. The lowest BCUT2D eigenvalue weighted by Crippen LogP contribution is -2.46. The lowest BCUT2D eigenvalue weighted by molar-refractivity contribution is 0.262. The summed E-state index contributed by atoms with van der Waals surface area (Å²) in [6.07, 6.45) is 0. The molecule has 0 aliphatic carbocycles. The number of rotatable bonds is 6. The monoisotopic (exact) mass is 404 g/mol. The highest BCUT2D eigenvalue weighted by atomic mass is 16.5. The highest BCUT2D eigenvalue weighted by Gasteiger charge is 2.25. The Morgan fingerprint density at radius 2 is 1.67 bits per heavy atom. The molecule has 0 radical (unpaired) electrons. The molecule has 0 unspecified atom stereocenters. The summed E-state index contributed by atoms with van der Waals surface area (Å²) >= 11 is 0. The van der Waals surface area contributed by atoms with Crippen molar-refractivity contribution in [1.82, 2.24) is 4.98 Å². The highest BCUT2D eigenvalue weighted by Crippen LogP contribution is 2.30. The number of aryl methyl sites for hydroxylation is 1. The van der Waals surface area contributed by atoms with E-state index in [0.29, 0.717) is 17.5 Å². The van der Waals surface area contributed by atoms with E-state index in [0.717, 1.165) is 48.9 Å². The van der Waals surface area contributed by atoms with E-state index in [1.807, 2.05) is 49.4 Å². The van der Waals surface area contributed by atoms with Crippen molar-refractivity contribution >= 4 is 11.6 Å². The van der Waals surface area contributed by atoms with Crippen LogP contribution < -0.4 is 19.3 Å². The van der Waals surface area contributed by atoms with E-state index in [-0.39, 0.29) is 6.61 Å². The third-order valence-corrected chi connectivity index (χ3v) is 5.20. The number of piperazine rings is 1. The number of benzene rings is 2. The molecule has 154 valence electrons. The van der Waals surface area contributed by atoms with E-state index in [9.17, 15) is 5.26 Å². The van der Waals surface area contributed by atoms with Crippen LogP contribution in [0.1, 0.15) is 17.1 Å². The maximum atomic E-state index is 9.52. The molecule has 1 aromatic heterocycles. The number of anilines is 2. The van der Waals surface area contributed by atoms with Crippen molar-refractivity contribution in [2.24, 2.45) is 0 Å². The number of oxazole rings is 1. The highest BCUT2D eigenvalue weighted by molar-refractivity contribution is 5.60. The van der Waals surface area contributed by atoms with Gasteiger partial charge in [-0.15, -0.1) is 0 Å². The van der Waals surface area contributed by atoms with Crippen LogP contribution >= 0.6 is 0 Å². The standard InChI is InChI=1S/C23H24N4O3/c1-17-7-3-5-9-20(17)29-16-22-25-18(15-24)23(30-22)27-13-11-26(12-14-27)19-8-4-6-10-21(19)28-2/h3-10H,11-14,16H2,1-2H3. The summed E-state index contributed by atoms with van der Waals surface area (Å²) in [4.78, 5) is 8.67. The van der Waals surface area contributed by atoms with Gasteiger partial charge in [-0.05, 0) is 30.7 Å². The number of nitriles is 1. The second-order valence-corrected chi connectivity index (χ2v) is 7.07. The van der Waals surface area contributed by atoms with E-state index >= 15 is 0 Å². The molecule has 0 amide bonds. The minimum absolute atomic E-state index is 0.181. The van der Waals surface area contributed by atoms with E-state index < -0.39 is 0 Å². The maximum absolute atomic E-state index is 9.52. The van der Waals surface area contributed by atoms with Gasteiger partial charge >= 0.3 is 0 Å². The van der Waals surface area contributed by atoms with Gasteiger partial charge in [0, 0.05) is 26.2 Å². The van der Waals surface area contributed by atoms with Gasteiger partial charge in [0.05, 0.1) is 12.8 Å². The summed E-state index contributed by atoms with van der Waals surface area (Å²) in [6.45, 7) is 5.20. The molecular formula is C23H24N4O3. The van der Waals surface area contributed by atoms with E-state index in [1.165, 1.54) is 0 Å². The average Bonchev–Trinajstić information content (AvgIpc) is 3.22. The van der Waals surface area contributed by atoms with Crippen LogP contribution in [-0.2, 0) is 6.61 Å². The first-order valence-electron chi connectivity index (χ1n) is 9.90. The Balaban J connectivity index is 1.43. The first-order valence-corrected chi connectivity index (χ1v) is 9.90. The van der Waals surface area contributed by atoms with Crippen LogP contribution in [0.3, 0.4) is 0 Å². The summed E-state index contributed by atoms with van der Waals surface area (Å²) in [5.41, 5.74) is 2.41. The summed E-state index contributed by atoms with van der Waals surface area (Å²) < 4.78 is 17.2.